The molecule has 0 radical (unpaired) electrons. The van der Waals surface area contributed by atoms with Gasteiger partial charge in [0.15, 0.2) is 0 Å². The Morgan fingerprint density at radius 1 is 0.356 bits per heavy atom. The number of thiophene rings is 3. The van der Waals surface area contributed by atoms with E-state index >= 15 is 0 Å². The van der Waals surface area contributed by atoms with Crippen LogP contribution in [0, 0.1) is 34.0 Å². The van der Waals surface area contributed by atoms with Gasteiger partial charge >= 0.3 is 87.3 Å². The van der Waals surface area contributed by atoms with Crippen molar-refractivity contribution in [1.29, 1.82) is 15.8 Å². The highest BCUT2D eigenvalue weighted by Gasteiger charge is 2.68. The average Bonchev–Trinajstić information content (AvgIpc) is 1.57. The Morgan fingerprint density at radius 2 is 0.603 bits per heavy atom. The number of aromatic nitrogens is 12. The third-order valence-electron chi connectivity index (χ3n) is 23.3. The molecule has 25 nitrogen and oxygen atoms in total. The molecule has 146 heavy (non-hydrogen) atoms. The molecule has 0 unspecified atom stereocenters. The molecule has 11 aromatic rings. The third-order valence-corrected chi connectivity index (χ3v) is 27.0. The maximum absolute atomic E-state index is 14.3. The monoisotopic (exact) mass is 2230 g/mol. The van der Waals surface area contributed by atoms with Crippen LogP contribution < -0.4 is 26.9 Å². The molecule has 3 aliphatic carbocycles. The maximum atomic E-state index is 14.3. The van der Waals surface area contributed by atoms with Crippen molar-refractivity contribution in [3.05, 3.63) is 172 Å². The number of alkyl halides is 32. The Balaban J connectivity index is 0.000000166. The number of nitriles is 3. The second kappa shape index (κ2) is 38.7. The smallest absolute Gasteiger partial charge is 0.399 e. The summed E-state index contributed by atoms with van der Waals surface area (Å²) in [5.41, 5.74) is -19.6. The van der Waals surface area contributed by atoms with Crippen molar-refractivity contribution in [2.75, 3.05) is 0 Å². The number of amides is 3. The van der Waals surface area contributed by atoms with Crippen molar-refractivity contribution < 1.29 is 173 Å². The first-order chi connectivity index (χ1) is 66.6. The predicted molar refractivity (Wildman–Crippen MR) is 456 cm³/mol. The quantitative estimate of drug-likeness (QED) is 0.0532. The highest BCUT2D eigenvalue weighted by molar-refractivity contribution is 9.11. The minimum Gasteiger partial charge on any atom is -0.399 e. The van der Waals surface area contributed by atoms with Gasteiger partial charge in [-0.15, -0.1) is 34.0 Å². The SMILES string of the molecule is Cn1cc(C(F)(F)C(F)(F)F)c(C(F)(F)F)c1-n1cc(-c2cc(C(=O)NC3CC3)c(C#N)s2)cn1.Cn1cc(C(F)(F)C(F)(F)F)c(C(F)(F)F)c1-n1cc(B2OC(C)(C)C(C)(C)O2)cn1.Cn1cc(C(F)(F)F)c(C(F)(F)C(F)(F)F)c1-n1cc(-c2cc(C(=O)NC3CC3)c(C#N)s2)cn1.Cn1cc(C(F)(F)F)c(C(F)(F)C(F)(F)F)c1-n1cc(B2OC(C)(C)C(C)(C)O2)cn1.N#Cc1sc(Br)cc1C(=O)NC1CC1. The Morgan fingerprint density at radius 3 is 0.856 bits per heavy atom. The first kappa shape index (κ1) is 113. The molecule has 13 heterocycles. The fourth-order valence-electron chi connectivity index (χ4n) is 14.1. The van der Waals surface area contributed by atoms with Gasteiger partial charge in [-0.25, -0.2) is 18.7 Å². The molecule has 0 spiro atoms. The lowest BCUT2D eigenvalue weighted by Crippen LogP contribution is -2.41. The number of rotatable bonds is 18. The fourth-order valence-corrected chi connectivity index (χ4v) is 17.4. The highest BCUT2D eigenvalue weighted by atomic mass is 79.9. The van der Waals surface area contributed by atoms with Gasteiger partial charge in [-0.3, -0.25) is 14.4 Å². The van der Waals surface area contributed by atoms with Crippen LogP contribution in [0.25, 0.3) is 44.2 Å². The Kier molecular flexibility index (Phi) is 29.9. The Bertz CT molecular complexity index is 6880. The maximum Gasteiger partial charge on any atom is 0.498 e. The molecule has 2 saturated heterocycles. The summed E-state index contributed by atoms with van der Waals surface area (Å²) in [6.07, 6.45) is -33.2. The molecule has 788 valence electrons. The van der Waals surface area contributed by atoms with Crippen LogP contribution in [0.4, 0.5) is 140 Å². The lowest BCUT2D eigenvalue weighted by atomic mass is 9.82. The number of hydrogen-bond acceptors (Lipinski definition) is 17. The van der Waals surface area contributed by atoms with E-state index in [-0.39, 0.29) is 95.5 Å². The molecule has 5 aliphatic rings. The van der Waals surface area contributed by atoms with Gasteiger partial charge in [0.05, 0.1) is 88.7 Å². The normalized spacial score (nSPS) is 16.7. The molecule has 0 bridgehead atoms. The highest BCUT2D eigenvalue weighted by Crippen LogP contribution is 2.57. The van der Waals surface area contributed by atoms with Crippen molar-refractivity contribution in [3.63, 3.8) is 0 Å². The second-order valence-electron chi connectivity index (χ2n) is 35.2. The molecule has 3 amide bonds. The molecule has 3 saturated carbocycles. The summed E-state index contributed by atoms with van der Waals surface area (Å²) in [4.78, 5) is 37.4. The van der Waals surface area contributed by atoms with Crippen LogP contribution in [0.1, 0.15) is 184 Å². The number of nitrogens with one attached hydrogen (secondary N) is 3. The fraction of sp³-hybridized carbons (Fsp3) is 0.446. The van der Waals surface area contributed by atoms with Gasteiger partial charge in [0, 0.05) is 140 Å². The lowest BCUT2D eigenvalue weighted by molar-refractivity contribution is -0.291. The van der Waals surface area contributed by atoms with Crippen molar-refractivity contribution in [3.8, 4) is 62.4 Å². The van der Waals surface area contributed by atoms with Gasteiger partial charge < -0.3 is 52.8 Å². The second-order valence-corrected chi connectivity index (χ2v) is 39.8. The van der Waals surface area contributed by atoms with Gasteiger partial charge in [-0.05, 0) is 128 Å². The largest absolute Gasteiger partial charge is 0.498 e. The van der Waals surface area contributed by atoms with E-state index in [9.17, 15) is 165 Å². The van der Waals surface area contributed by atoms with Crippen LogP contribution >= 0.6 is 49.9 Å². The van der Waals surface area contributed by atoms with Crippen LogP contribution in [-0.2, 0) is 95.2 Å². The number of carbonyl (C=O) groups is 3. The molecular formula is C83H69B2BrF32N18O7S3. The molecule has 11 aromatic heterocycles. The van der Waals surface area contributed by atoms with E-state index in [1.54, 1.807) is 61.5 Å². The third kappa shape index (κ3) is 22.6. The van der Waals surface area contributed by atoms with Gasteiger partial charge in [-0.2, -0.15) is 177 Å². The van der Waals surface area contributed by atoms with Crippen molar-refractivity contribution in [2.24, 2.45) is 28.2 Å². The van der Waals surface area contributed by atoms with E-state index in [0.29, 0.717) is 53.5 Å². The Hall–Kier alpha value is -11.9. The summed E-state index contributed by atoms with van der Waals surface area (Å²) in [6.45, 7) is 13.9. The number of halogens is 33. The van der Waals surface area contributed by atoms with Crippen LogP contribution in [-0.4, -0.2) is 155 Å². The summed E-state index contributed by atoms with van der Waals surface area (Å²) in [5, 5.41) is 50.6. The first-order valence-electron chi connectivity index (χ1n) is 41.6. The molecule has 16 rings (SSSR count). The van der Waals surface area contributed by atoms with Crippen LogP contribution in [0.15, 0.2) is 96.3 Å². The minimum atomic E-state index is -6.31. The summed E-state index contributed by atoms with van der Waals surface area (Å²) in [7, 11) is 1.51. The average molecular weight is 2240 g/mol. The first-order valence-corrected chi connectivity index (χ1v) is 44.8. The molecule has 5 fully saturated rings. The van der Waals surface area contributed by atoms with Crippen molar-refractivity contribution in [2.45, 2.75) is 208 Å². The molecule has 2 aliphatic heterocycles. The molecule has 63 heteroatoms. The van der Waals surface area contributed by atoms with Crippen LogP contribution in [0.3, 0.4) is 0 Å². The number of hydrogen-bond donors (Lipinski definition) is 3. The summed E-state index contributed by atoms with van der Waals surface area (Å²) in [6, 6.07) is 10.4. The van der Waals surface area contributed by atoms with Crippen LogP contribution in [0.5, 0.6) is 0 Å². The molecule has 3 N–H and O–H groups in total. The lowest BCUT2D eigenvalue weighted by Gasteiger charge is -2.32. The zero-order valence-electron chi connectivity index (χ0n) is 76.1. The summed E-state index contributed by atoms with van der Waals surface area (Å²) in [5.74, 6) is -28.6. The van der Waals surface area contributed by atoms with E-state index in [0.717, 1.165) is 143 Å². The van der Waals surface area contributed by atoms with E-state index < -0.39 is 189 Å². The number of carbonyl (C=O) groups excluding carboxylic acids is 3. The van der Waals surface area contributed by atoms with E-state index in [4.69, 9.17) is 23.9 Å². The van der Waals surface area contributed by atoms with Gasteiger partial charge in [-0.1, -0.05) is 0 Å². The zero-order chi connectivity index (χ0) is 110. The van der Waals surface area contributed by atoms with Gasteiger partial charge in [0.1, 0.15) is 67.2 Å². The standard InChI is InChI=1S/2C20H13F8N5OS.2C17H18BF8N3O2.C9H7BrN2OS/c1-32-8-12(19(23,24)25)15(18(21,22)20(26,27)28)17(32)33-7-9(6-30-33)13-4-11(14(5-29)35-13)16(34)31-10-2-3-10;1-32-8-12(18(21,22)20(26,27)28)15(19(23,24)25)17(32)33-7-9(6-30-33)13-4-11(14(5-29)35-13)16(34)31-10-2-3-10;1-13(2)14(3,4)31-18(30-13)9-6-27-29(7-9)12-11(15(19,20)17(24,25)26)10(8-28(12)5)16(21,22)23;1-13(2)14(3,4)31-18(30-13)9-6-27-29(7-9)12-11(16(21,22)23)10(8-28(12)5)15(19,20)17(24,25)26;10-8-3-6(7(4-11)14-8)9(13)12-5-1-2-5/h2*4,6-8,10H,2-3H2,1H3,(H,31,34);2*6-8H,1-5H3;3,5H,1-2H2,(H,12,13). The number of aryl methyl sites for hydroxylation is 4. The van der Waals surface area contributed by atoms with Crippen molar-refractivity contribution in [1.82, 2.24) is 73.3 Å². The van der Waals surface area contributed by atoms with Gasteiger partial charge in [0.2, 0.25) is 0 Å². The van der Waals surface area contributed by atoms with E-state index in [1.165, 1.54) is 23.5 Å². The van der Waals surface area contributed by atoms with E-state index in [1.807, 2.05) is 18.2 Å². The predicted octanol–water partition coefficient (Wildman–Crippen LogP) is 21.4. The molecular weight excluding hydrogens is 2170 g/mol. The number of nitrogens with zero attached hydrogens (tertiary/aromatic N) is 15. The zero-order valence-corrected chi connectivity index (χ0v) is 80.1. The molecule has 0 aromatic carbocycles. The molecule has 0 atom stereocenters. The minimum absolute atomic E-state index is 0.00213. The summed E-state index contributed by atoms with van der Waals surface area (Å²) < 4.78 is 458. The Labute approximate surface area is 821 Å². The van der Waals surface area contributed by atoms with Crippen LogP contribution in [0.2, 0.25) is 0 Å². The van der Waals surface area contributed by atoms with Gasteiger partial charge in [0.25, 0.3) is 17.7 Å². The topological polar surface area (TPSA) is 287 Å². The summed E-state index contributed by atoms with van der Waals surface area (Å²) >= 11 is 6.23. The van der Waals surface area contributed by atoms with E-state index in [2.05, 4.69) is 52.3 Å². The van der Waals surface area contributed by atoms with Crippen molar-refractivity contribution >= 4 is 92.8 Å².